The fourth-order valence-corrected chi connectivity index (χ4v) is 3.29. The molecule has 1 saturated heterocycles. The van der Waals surface area contributed by atoms with E-state index in [1.807, 2.05) is 44.2 Å². The Kier molecular flexibility index (Phi) is 6.61. The summed E-state index contributed by atoms with van der Waals surface area (Å²) in [5.41, 5.74) is 0.879. The Hall–Kier alpha value is -2.08. The molecule has 0 bridgehead atoms. The van der Waals surface area contributed by atoms with E-state index in [1.165, 1.54) is 4.90 Å². The number of carbonyl (C=O) groups excluding carboxylic acids is 3. The Morgan fingerprint density at radius 1 is 1.29 bits per heavy atom. The van der Waals surface area contributed by atoms with E-state index >= 15 is 0 Å². The highest BCUT2D eigenvalue weighted by molar-refractivity contribution is 8.18. The van der Waals surface area contributed by atoms with Crippen LogP contribution in [-0.2, 0) is 9.59 Å². The molecule has 5 nitrogen and oxygen atoms in total. The first-order valence-electron chi connectivity index (χ1n) is 8.11. The zero-order valence-electron chi connectivity index (χ0n) is 14.0. The number of benzene rings is 1. The Morgan fingerprint density at radius 3 is 2.67 bits per heavy atom. The fourth-order valence-electron chi connectivity index (χ4n) is 2.42. The Balaban J connectivity index is 1.90. The number of thioether (sulfide) groups is 1. The monoisotopic (exact) mass is 346 g/mol. The van der Waals surface area contributed by atoms with Crippen LogP contribution >= 0.6 is 11.8 Å². The number of rotatable bonds is 7. The molecule has 0 aromatic heterocycles. The summed E-state index contributed by atoms with van der Waals surface area (Å²) >= 11 is 0.936. The molecule has 1 N–H and O–H groups in total. The van der Waals surface area contributed by atoms with Crippen LogP contribution in [-0.4, -0.2) is 35.0 Å². The van der Waals surface area contributed by atoms with E-state index in [4.69, 9.17) is 0 Å². The molecule has 3 amide bonds. The molecule has 0 saturated carbocycles. The average Bonchev–Trinajstić information content (AvgIpc) is 2.83. The minimum atomic E-state index is -0.301. The summed E-state index contributed by atoms with van der Waals surface area (Å²) in [5.74, 6) is -0.392. The van der Waals surface area contributed by atoms with E-state index in [0.717, 1.165) is 30.2 Å². The molecule has 0 radical (unpaired) electrons. The number of hydrogen-bond acceptors (Lipinski definition) is 4. The van der Waals surface area contributed by atoms with Gasteiger partial charge >= 0.3 is 0 Å². The minimum Gasteiger partial charge on any atom is -0.354 e. The van der Waals surface area contributed by atoms with Crippen molar-refractivity contribution < 1.29 is 14.4 Å². The topological polar surface area (TPSA) is 66.5 Å². The van der Waals surface area contributed by atoms with Crippen LogP contribution in [0.25, 0.3) is 6.08 Å². The Bertz CT molecular complexity index is 643. The van der Waals surface area contributed by atoms with Crippen LogP contribution in [0.2, 0.25) is 0 Å². The summed E-state index contributed by atoms with van der Waals surface area (Å²) in [4.78, 5) is 37.8. The van der Waals surface area contributed by atoms with Crippen molar-refractivity contribution in [2.45, 2.75) is 26.7 Å². The second-order valence-corrected chi connectivity index (χ2v) is 6.72. The normalized spacial score (nSPS) is 17.4. The third-order valence-electron chi connectivity index (χ3n) is 3.77. The van der Waals surface area contributed by atoms with Crippen molar-refractivity contribution in [2.75, 3.05) is 13.1 Å². The molecule has 1 aromatic carbocycles. The van der Waals surface area contributed by atoms with Crippen molar-refractivity contribution in [3.63, 3.8) is 0 Å². The molecule has 1 aliphatic heterocycles. The highest BCUT2D eigenvalue weighted by Gasteiger charge is 2.34. The van der Waals surface area contributed by atoms with E-state index in [9.17, 15) is 14.4 Å². The largest absolute Gasteiger partial charge is 0.354 e. The molecule has 0 aliphatic carbocycles. The maximum absolute atomic E-state index is 12.3. The lowest BCUT2D eigenvalue weighted by Crippen LogP contribution is -2.38. The van der Waals surface area contributed by atoms with Crippen LogP contribution in [0.1, 0.15) is 32.3 Å². The van der Waals surface area contributed by atoms with Crippen LogP contribution in [0.3, 0.4) is 0 Å². The van der Waals surface area contributed by atoms with Gasteiger partial charge in [-0.25, -0.2) is 0 Å². The van der Waals surface area contributed by atoms with Gasteiger partial charge in [-0.2, -0.15) is 0 Å². The second-order valence-electron chi connectivity index (χ2n) is 5.72. The van der Waals surface area contributed by atoms with Gasteiger partial charge in [0.25, 0.3) is 11.1 Å². The number of carbonyl (C=O) groups is 3. The zero-order chi connectivity index (χ0) is 17.5. The summed E-state index contributed by atoms with van der Waals surface area (Å²) in [6.07, 6.45) is 3.49. The first-order chi connectivity index (χ1) is 11.5. The zero-order valence-corrected chi connectivity index (χ0v) is 14.8. The molecule has 1 heterocycles. The van der Waals surface area contributed by atoms with Gasteiger partial charge in [0.15, 0.2) is 0 Å². The molecule has 24 heavy (non-hydrogen) atoms. The summed E-state index contributed by atoms with van der Waals surface area (Å²) < 4.78 is 0. The highest BCUT2D eigenvalue weighted by Crippen LogP contribution is 2.31. The molecule has 1 atom stereocenters. The van der Waals surface area contributed by atoms with Crippen molar-refractivity contribution in [2.24, 2.45) is 5.92 Å². The van der Waals surface area contributed by atoms with Gasteiger partial charge in [0.1, 0.15) is 0 Å². The summed E-state index contributed by atoms with van der Waals surface area (Å²) in [7, 11) is 0. The van der Waals surface area contributed by atoms with E-state index in [2.05, 4.69) is 5.32 Å². The van der Waals surface area contributed by atoms with Crippen LogP contribution in [0.5, 0.6) is 0 Å². The molecule has 1 aliphatic rings. The predicted molar refractivity (Wildman–Crippen MR) is 96.2 cm³/mol. The number of nitrogens with one attached hydrogen (secondary N) is 1. The quantitative estimate of drug-likeness (QED) is 0.770. The van der Waals surface area contributed by atoms with Gasteiger partial charge in [-0.3, -0.25) is 19.3 Å². The SMILES string of the molecule is CCCC(C)C(=O)NCCN1C(=O)SC(=Cc2ccccc2)C1=O. The maximum Gasteiger partial charge on any atom is 0.293 e. The van der Waals surface area contributed by atoms with Gasteiger partial charge in [0.2, 0.25) is 5.91 Å². The smallest absolute Gasteiger partial charge is 0.293 e. The summed E-state index contributed by atoms with van der Waals surface area (Å²) in [6, 6.07) is 9.41. The Labute approximate surface area is 146 Å². The van der Waals surface area contributed by atoms with E-state index in [1.54, 1.807) is 6.08 Å². The van der Waals surface area contributed by atoms with Gasteiger partial charge in [-0.15, -0.1) is 0 Å². The van der Waals surface area contributed by atoms with Crippen LogP contribution < -0.4 is 5.32 Å². The summed E-state index contributed by atoms with van der Waals surface area (Å²) in [6.45, 7) is 4.38. The lowest BCUT2D eigenvalue weighted by Gasteiger charge is -2.15. The van der Waals surface area contributed by atoms with E-state index in [-0.39, 0.29) is 36.1 Å². The lowest BCUT2D eigenvalue weighted by atomic mass is 10.1. The van der Waals surface area contributed by atoms with Gasteiger partial charge in [0, 0.05) is 19.0 Å². The lowest BCUT2D eigenvalue weighted by molar-refractivity contribution is -0.126. The van der Waals surface area contributed by atoms with E-state index < -0.39 is 0 Å². The maximum atomic E-state index is 12.3. The van der Waals surface area contributed by atoms with Crippen LogP contribution in [0.15, 0.2) is 35.2 Å². The first kappa shape index (κ1) is 18.3. The Morgan fingerprint density at radius 2 is 2.00 bits per heavy atom. The van der Waals surface area contributed by atoms with E-state index in [0.29, 0.717) is 4.91 Å². The fraction of sp³-hybridized carbons (Fsp3) is 0.389. The standard InChI is InChI=1S/C18H22N2O3S/c1-3-7-13(2)16(21)19-10-11-20-17(22)15(24-18(20)23)12-14-8-5-4-6-9-14/h4-6,8-9,12-13H,3,7,10-11H2,1-2H3,(H,19,21). The molecular weight excluding hydrogens is 324 g/mol. The van der Waals surface area contributed by atoms with Crippen molar-refractivity contribution in [3.05, 3.63) is 40.8 Å². The third kappa shape index (κ3) is 4.71. The van der Waals surface area contributed by atoms with Crippen molar-refractivity contribution in [3.8, 4) is 0 Å². The molecule has 0 spiro atoms. The second kappa shape index (κ2) is 8.68. The van der Waals surface area contributed by atoms with Gasteiger partial charge in [-0.1, -0.05) is 50.6 Å². The molecule has 1 unspecified atom stereocenters. The van der Waals surface area contributed by atoms with Gasteiger partial charge < -0.3 is 5.32 Å². The molecule has 2 rings (SSSR count). The van der Waals surface area contributed by atoms with Crippen molar-refractivity contribution in [1.82, 2.24) is 10.2 Å². The highest BCUT2D eigenvalue weighted by atomic mass is 32.2. The average molecular weight is 346 g/mol. The third-order valence-corrected chi connectivity index (χ3v) is 4.68. The molecule has 6 heteroatoms. The van der Waals surface area contributed by atoms with Crippen LogP contribution in [0, 0.1) is 5.92 Å². The number of imide groups is 1. The minimum absolute atomic E-state index is 0.0383. The number of hydrogen-bond donors (Lipinski definition) is 1. The number of nitrogens with zero attached hydrogens (tertiary/aromatic N) is 1. The predicted octanol–water partition coefficient (Wildman–Crippen LogP) is 3.28. The first-order valence-corrected chi connectivity index (χ1v) is 8.92. The summed E-state index contributed by atoms with van der Waals surface area (Å²) in [5, 5.41) is 2.49. The molecule has 1 fully saturated rings. The van der Waals surface area contributed by atoms with Gasteiger partial charge in [-0.05, 0) is 29.8 Å². The molecule has 1 aromatic rings. The number of amides is 3. The molecular formula is C18H22N2O3S. The van der Waals surface area contributed by atoms with Crippen molar-refractivity contribution >= 4 is 34.9 Å². The van der Waals surface area contributed by atoms with Crippen LogP contribution in [0.4, 0.5) is 4.79 Å². The van der Waals surface area contributed by atoms with Gasteiger partial charge in [0.05, 0.1) is 4.91 Å². The molecule has 128 valence electrons. The van der Waals surface area contributed by atoms with Crippen molar-refractivity contribution in [1.29, 1.82) is 0 Å².